The molecule has 1 aromatic carbocycles. The summed E-state index contributed by atoms with van der Waals surface area (Å²) in [5.74, 6) is -0.873. The van der Waals surface area contributed by atoms with Crippen molar-refractivity contribution in [1.29, 1.82) is 0 Å². The van der Waals surface area contributed by atoms with Crippen LogP contribution in [0.25, 0.3) is 11.3 Å². The minimum absolute atomic E-state index is 0.132. The summed E-state index contributed by atoms with van der Waals surface area (Å²) in [6.45, 7) is 0. The van der Waals surface area contributed by atoms with Crippen LogP contribution in [-0.4, -0.2) is 21.1 Å². The molecule has 0 radical (unpaired) electrons. The van der Waals surface area contributed by atoms with Gasteiger partial charge in [-0.3, -0.25) is 9.89 Å². The largest absolute Gasteiger partial charge is 0.416 e. The first kappa shape index (κ1) is 17.0. The van der Waals surface area contributed by atoms with E-state index in [0.29, 0.717) is 16.3 Å². The van der Waals surface area contributed by atoms with E-state index in [4.69, 9.17) is 11.6 Å². The maximum Gasteiger partial charge on any atom is 0.416 e. The average molecular weight is 367 g/mol. The average Bonchev–Trinajstić information content (AvgIpc) is 3.04. The number of carbonyl (C=O) groups excluding carboxylic acids is 1. The number of carbonyl (C=O) groups is 1. The third kappa shape index (κ3) is 3.63. The topological polar surface area (TPSA) is 70.7 Å². The number of hydrogen-bond acceptors (Lipinski definition) is 3. The van der Waals surface area contributed by atoms with Crippen LogP contribution in [0.15, 0.2) is 48.8 Å². The van der Waals surface area contributed by atoms with Crippen LogP contribution in [0.1, 0.15) is 15.9 Å². The fourth-order valence-electron chi connectivity index (χ4n) is 2.19. The number of nitrogens with zero attached hydrogens (tertiary/aromatic N) is 2. The molecule has 128 valence electrons. The van der Waals surface area contributed by atoms with Crippen LogP contribution in [-0.2, 0) is 6.18 Å². The van der Waals surface area contributed by atoms with E-state index < -0.39 is 17.6 Å². The summed E-state index contributed by atoms with van der Waals surface area (Å²) in [6.07, 6.45) is -2.29. The number of rotatable bonds is 3. The first-order chi connectivity index (χ1) is 11.9. The highest BCUT2D eigenvalue weighted by Gasteiger charge is 2.31. The molecule has 0 spiro atoms. The van der Waals surface area contributed by atoms with Crippen molar-refractivity contribution in [1.82, 2.24) is 15.2 Å². The Morgan fingerprint density at radius 3 is 2.68 bits per heavy atom. The van der Waals surface area contributed by atoms with Crippen LogP contribution in [0.5, 0.6) is 0 Å². The summed E-state index contributed by atoms with van der Waals surface area (Å²) in [7, 11) is 0. The van der Waals surface area contributed by atoms with Crippen molar-refractivity contribution in [3.8, 4) is 11.3 Å². The van der Waals surface area contributed by atoms with Crippen molar-refractivity contribution >= 4 is 23.3 Å². The second-order valence-electron chi connectivity index (χ2n) is 5.02. The van der Waals surface area contributed by atoms with Gasteiger partial charge in [0, 0.05) is 16.8 Å². The molecule has 0 atom stereocenters. The van der Waals surface area contributed by atoms with E-state index in [9.17, 15) is 18.0 Å². The first-order valence-electron chi connectivity index (χ1n) is 6.99. The van der Waals surface area contributed by atoms with Crippen molar-refractivity contribution in [2.75, 3.05) is 5.32 Å². The number of nitrogens with one attached hydrogen (secondary N) is 2. The molecule has 2 N–H and O–H groups in total. The second kappa shape index (κ2) is 6.56. The van der Waals surface area contributed by atoms with E-state index in [0.717, 1.165) is 18.3 Å². The molecule has 9 heteroatoms. The Morgan fingerprint density at radius 1 is 1.20 bits per heavy atom. The minimum Gasteiger partial charge on any atom is -0.306 e. The smallest absolute Gasteiger partial charge is 0.306 e. The molecular weight excluding hydrogens is 357 g/mol. The molecule has 0 fully saturated rings. The Bertz CT molecular complexity index is 923. The lowest BCUT2D eigenvalue weighted by Crippen LogP contribution is -2.14. The molecule has 0 aliphatic heterocycles. The van der Waals surface area contributed by atoms with Gasteiger partial charge in [0.25, 0.3) is 5.91 Å². The molecule has 5 nitrogen and oxygen atoms in total. The zero-order chi connectivity index (χ0) is 18.0. The summed E-state index contributed by atoms with van der Waals surface area (Å²) in [5.41, 5.74) is 0.127. The first-order valence-corrected chi connectivity index (χ1v) is 7.37. The SMILES string of the molecule is O=C(Nc1cc(C(F)(F)F)ccn1)c1cn[nH]c1-c1ccccc1Cl. The molecule has 3 aromatic rings. The van der Waals surface area contributed by atoms with E-state index in [2.05, 4.69) is 20.5 Å². The molecule has 0 aliphatic rings. The van der Waals surface area contributed by atoms with Gasteiger partial charge in [0.15, 0.2) is 0 Å². The van der Waals surface area contributed by atoms with Crippen LogP contribution in [0, 0.1) is 0 Å². The quantitative estimate of drug-likeness (QED) is 0.722. The number of pyridine rings is 1. The van der Waals surface area contributed by atoms with Gasteiger partial charge >= 0.3 is 6.18 Å². The van der Waals surface area contributed by atoms with Crippen molar-refractivity contribution in [2.24, 2.45) is 0 Å². The molecule has 1 amide bonds. The molecule has 0 bridgehead atoms. The van der Waals surface area contributed by atoms with Gasteiger partial charge in [-0.15, -0.1) is 0 Å². The zero-order valence-corrected chi connectivity index (χ0v) is 13.2. The van der Waals surface area contributed by atoms with E-state index in [1.54, 1.807) is 24.3 Å². The van der Waals surface area contributed by atoms with Gasteiger partial charge in [-0.1, -0.05) is 29.8 Å². The summed E-state index contributed by atoms with van der Waals surface area (Å²) in [6, 6.07) is 8.38. The molecule has 0 unspecified atom stereocenters. The third-order valence-corrected chi connectivity index (χ3v) is 3.69. The van der Waals surface area contributed by atoms with Gasteiger partial charge < -0.3 is 5.32 Å². The second-order valence-corrected chi connectivity index (χ2v) is 5.43. The van der Waals surface area contributed by atoms with E-state index >= 15 is 0 Å². The summed E-state index contributed by atoms with van der Waals surface area (Å²) in [5, 5.41) is 9.22. The Hall–Kier alpha value is -2.87. The monoisotopic (exact) mass is 366 g/mol. The normalized spacial score (nSPS) is 11.4. The number of halogens is 4. The van der Waals surface area contributed by atoms with Crippen LogP contribution in [0.3, 0.4) is 0 Å². The number of aromatic amines is 1. The lowest BCUT2D eigenvalue weighted by Gasteiger charge is -2.09. The van der Waals surface area contributed by atoms with Gasteiger partial charge in [0.1, 0.15) is 5.82 Å². The maximum absolute atomic E-state index is 12.7. The predicted molar refractivity (Wildman–Crippen MR) is 86.2 cm³/mol. The molecular formula is C16H10ClF3N4O. The summed E-state index contributed by atoms with van der Waals surface area (Å²) in [4.78, 5) is 16.1. The van der Waals surface area contributed by atoms with Crippen molar-refractivity contribution < 1.29 is 18.0 Å². The van der Waals surface area contributed by atoms with Crippen molar-refractivity contribution in [3.63, 3.8) is 0 Å². The van der Waals surface area contributed by atoms with Crippen LogP contribution >= 0.6 is 11.6 Å². The van der Waals surface area contributed by atoms with E-state index in [-0.39, 0.29) is 11.4 Å². The van der Waals surface area contributed by atoms with Crippen molar-refractivity contribution in [3.05, 3.63) is 64.9 Å². The highest BCUT2D eigenvalue weighted by molar-refractivity contribution is 6.33. The third-order valence-electron chi connectivity index (χ3n) is 3.36. The van der Waals surface area contributed by atoms with E-state index in [1.165, 1.54) is 6.20 Å². The Labute approximate surface area is 144 Å². The lowest BCUT2D eigenvalue weighted by atomic mass is 10.1. The van der Waals surface area contributed by atoms with Gasteiger partial charge in [-0.2, -0.15) is 18.3 Å². The number of amides is 1. The van der Waals surface area contributed by atoms with Gasteiger partial charge in [0.05, 0.1) is 23.0 Å². The Kier molecular flexibility index (Phi) is 4.45. The number of hydrogen-bond donors (Lipinski definition) is 2. The van der Waals surface area contributed by atoms with Crippen molar-refractivity contribution in [2.45, 2.75) is 6.18 Å². The molecule has 2 heterocycles. The predicted octanol–water partition coefficient (Wildman–Crippen LogP) is 4.40. The molecule has 3 rings (SSSR count). The number of aromatic nitrogens is 3. The highest BCUT2D eigenvalue weighted by atomic mass is 35.5. The molecule has 0 aliphatic carbocycles. The van der Waals surface area contributed by atoms with Crippen LogP contribution < -0.4 is 5.32 Å². The number of benzene rings is 1. The standard InChI is InChI=1S/C16H10ClF3N4O/c17-12-4-2-1-3-10(12)14-11(8-22-24-14)15(25)23-13-7-9(5-6-21-13)16(18,19)20/h1-8H,(H,22,24)(H,21,23,25). The van der Waals surface area contributed by atoms with E-state index in [1.807, 2.05) is 0 Å². The number of H-pyrrole nitrogens is 1. The molecule has 0 saturated carbocycles. The fraction of sp³-hybridized carbons (Fsp3) is 0.0625. The maximum atomic E-state index is 12.7. The number of anilines is 1. The fourth-order valence-corrected chi connectivity index (χ4v) is 2.42. The minimum atomic E-state index is -4.53. The van der Waals surface area contributed by atoms with Gasteiger partial charge in [0.2, 0.25) is 0 Å². The highest BCUT2D eigenvalue weighted by Crippen LogP contribution is 2.31. The van der Waals surface area contributed by atoms with Gasteiger partial charge in [-0.05, 0) is 18.2 Å². The zero-order valence-electron chi connectivity index (χ0n) is 12.4. The van der Waals surface area contributed by atoms with Crippen LogP contribution in [0.4, 0.5) is 19.0 Å². The Balaban J connectivity index is 1.89. The molecule has 2 aromatic heterocycles. The summed E-state index contributed by atoms with van der Waals surface area (Å²) >= 11 is 6.11. The van der Waals surface area contributed by atoms with Crippen LogP contribution in [0.2, 0.25) is 5.02 Å². The molecule has 0 saturated heterocycles. The van der Waals surface area contributed by atoms with Gasteiger partial charge in [-0.25, -0.2) is 4.98 Å². The molecule has 25 heavy (non-hydrogen) atoms. The Morgan fingerprint density at radius 2 is 1.96 bits per heavy atom. The number of alkyl halides is 3. The summed E-state index contributed by atoms with van der Waals surface area (Å²) < 4.78 is 38.2. The lowest BCUT2D eigenvalue weighted by molar-refractivity contribution is -0.137.